The summed E-state index contributed by atoms with van der Waals surface area (Å²) in [5, 5.41) is 13.0. The van der Waals surface area contributed by atoms with Crippen molar-refractivity contribution in [2.75, 3.05) is 31.6 Å². The average Bonchev–Trinajstić information content (AvgIpc) is 2.74. The molecule has 2 aliphatic rings. The fourth-order valence-corrected chi connectivity index (χ4v) is 4.41. The van der Waals surface area contributed by atoms with Gasteiger partial charge in [-0.15, -0.1) is 0 Å². The second-order valence-electron chi connectivity index (χ2n) is 7.83. The van der Waals surface area contributed by atoms with Gasteiger partial charge in [-0.05, 0) is 48.4 Å². The van der Waals surface area contributed by atoms with Gasteiger partial charge in [0.1, 0.15) is 0 Å². The van der Waals surface area contributed by atoms with Gasteiger partial charge in [0.05, 0.1) is 12.6 Å². The number of carbonyl (C=O) groups is 1. The summed E-state index contributed by atoms with van der Waals surface area (Å²) in [6.45, 7) is 2.95. The van der Waals surface area contributed by atoms with Crippen LogP contribution in [0.25, 0.3) is 0 Å². The van der Waals surface area contributed by atoms with E-state index in [4.69, 9.17) is 0 Å². The first-order chi connectivity index (χ1) is 13.7. The lowest BCUT2D eigenvalue weighted by molar-refractivity contribution is 0.0623. The van der Waals surface area contributed by atoms with Crippen LogP contribution in [0.3, 0.4) is 0 Å². The second-order valence-corrected chi connectivity index (χ2v) is 7.83. The van der Waals surface area contributed by atoms with Gasteiger partial charge in [0, 0.05) is 31.9 Å². The van der Waals surface area contributed by atoms with Gasteiger partial charge in [0.25, 0.3) is 0 Å². The predicted molar refractivity (Wildman–Crippen MR) is 111 cm³/mol. The summed E-state index contributed by atoms with van der Waals surface area (Å²) in [5.41, 5.74) is 4.83. The number of anilines is 1. The van der Waals surface area contributed by atoms with Crippen LogP contribution in [-0.2, 0) is 19.4 Å². The number of carbonyl (C=O) groups excluding carboxylic acids is 1. The minimum atomic E-state index is -0.183. The summed E-state index contributed by atoms with van der Waals surface area (Å²) in [6.07, 6.45) is 4.52. The van der Waals surface area contributed by atoms with Crippen molar-refractivity contribution in [3.8, 4) is 0 Å². The third kappa shape index (κ3) is 4.21. The van der Waals surface area contributed by atoms with Gasteiger partial charge in [-0.1, -0.05) is 42.5 Å². The first-order valence-corrected chi connectivity index (χ1v) is 10.3. The van der Waals surface area contributed by atoms with E-state index in [0.29, 0.717) is 13.1 Å². The Kier molecular flexibility index (Phi) is 5.93. The van der Waals surface area contributed by atoms with Crippen LogP contribution in [0.15, 0.2) is 48.5 Å². The van der Waals surface area contributed by atoms with Gasteiger partial charge in [-0.2, -0.15) is 0 Å². The molecule has 0 radical (unpaired) electrons. The smallest absolute Gasteiger partial charge is 0.322 e. The fraction of sp³-hybridized carbons (Fsp3) is 0.435. The number of piperazine rings is 1. The Labute approximate surface area is 167 Å². The number of aliphatic hydroxyl groups excluding tert-OH is 1. The molecule has 4 rings (SSSR count). The van der Waals surface area contributed by atoms with Crippen molar-refractivity contribution in [1.82, 2.24) is 9.80 Å². The summed E-state index contributed by atoms with van der Waals surface area (Å²) >= 11 is 0. The lowest BCUT2D eigenvalue weighted by Gasteiger charge is -2.40. The quantitative estimate of drug-likeness (QED) is 0.857. The lowest BCUT2D eigenvalue weighted by atomic mass is 9.90. The molecule has 5 nitrogen and oxygen atoms in total. The van der Waals surface area contributed by atoms with Crippen molar-refractivity contribution >= 4 is 11.7 Å². The molecule has 1 aliphatic heterocycles. The van der Waals surface area contributed by atoms with Gasteiger partial charge in [0.2, 0.25) is 0 Å². The number of hydrogen-bond donors (Lipinski definition) is 2. The van der Waals surface area contributed by atoms with Crippen LogP contribution in [0, 0.1) is 0 Å². The molecule has 1 heterocycles. The van der Waals surface area contributed by atoms with Crippen LogP contribution in [0.4, 0.5) is 10.5 Å². The third-order valence-electron chi connectivity index (χ3n) is 5.92. The van der Waals surface area contributed by atoms with Gasteiger partial charge in [-0.3, -0.25) is 4.90 Å². The van der Waals surface area contributed by atoms with Crippen LogP contribution in [0.5, 0.6) is 0 Å². The van der Waals surface area contributed by atoms with E-state index in [9.17, 15) is 9.90 Å². The van der Waals surface area contributed by atoms with E-state index < -0.39 is 0 Å². The number of rotatable bonds is 4. The van der Waals surface area contributed by atoms with Crippen LogP contribution in [0.2, 0.25) is 0 Å². The molecule has 1 aliphatic carbocycles. The van der Waals surface area contributed by atoms with Gasteiger partial charge >= 0.3 is 6.03 Å². The number of amides is 2. The van der Waals surface area contributed by atoms with Crippen LogP contribution in [-0.4, -0.2) is 53.2 Å². The van der Waals surface area contributed by atoms with Crippen molar-refractivity contribution in [3.05, 3.63) is 65.2 Å². The van der Waals surface area contributed by atoms with E-state index in [-0.39, 0.29) is 18.7 Å². The molecule has 1 saturated heterocycles. The molecule has 0 aromatic heterocycles. The zero-order chi connectivity index (χ0) is 19.3. The largest absolute Gasteiger partial charge is 0.394 e. The number of urea groups is 1. The molecule has 2 aromatic carbocycles. The summed E-state index contributed by atoms with van der Waals surface area (Å²) in [7, 11) is 0. The number of hydrogen-bond acceptors (Lipinski definition) is 3. The first-order valence-electron chi connectivity index (χ1n) is 10.3. The Morgan fingerprint density at radius 2 is 1.86 bits per heavy atom. The molecule has 2 amide bonds. The van der Waals surface area contributed by atoms with E-state index >= 15 is 0 Å². The summed E-state index contributed by atoms with van der Waals surface area (Å²) in [5.74, 6) is 0. The molecule has 1 atom stereocenters. The molecule has 5 heteroatoms. The van der Waals surface area contributed by atoms with Crippen molar-refractivity contribution in [3.63, 3.8) is 0 Å². The Hall–Kier alpha value is -2.37. The summed E-state index contributed by atoms with van der Waals surface area (Å²) < 4.78 is 0. The molecule has 148 valence electrons. The van der Waals surface area contributed by atoms with E-state index in [0.717, 1.165) is 31.6 Å². The molecule has 0 unspecified atom stereocenters. The van der Waals surface area contributed by atoms with Crippen molar-refractivity contribution in [2.45, 2.75) is 38.3 Å². The Morgan fingerprint density at radius 1 is 1.04 bits per heavy atom. The molecule has 28 heavy (non-hydrogen) atoms. The van der Waals surface area contributed by atoms with Gasteiger partial charge in [-0.25, -0.2) is 4.79 Å². The maximum Gasteiger partial charge on any atom is 0.322 e. The third-order valence-corrected chi connectivity index (χ3v) is 5.92. The maximum atomic E-state index is 13.0. The molecule has 1 fully saturated rings. The number of aliphatic hydroxyl groups is 1. The zero-order valence-corrected chi connectivity index (χ0v) is 16.3. The highest BCUT2D eigenvalue weighted by molar-refractivity contribution is 5.90. The van der Waals surface area contributed by atoms with E-state index in [1.54, 1.807) is 4.90 Å². The van der Waals surface area contributed by atoms with E-state index in [2.05, 4.69) is 28.4 Å². The van der Waals surface area contributed by atoms with Crippen molar-refractivity contribution in [1.29, 1.82) is 0 Å². The number of benzene rings is 2. The minimum absolute atomic E-state index is 0.0222. The first kappa shape index (κ1) is 19.0. The van der Waals surface area contributed by atoms with Crippen LogP contribution < -0.4 is 5.32 Å². The number of aryl methyl sites for hydroxylation is 1. The number of nitrogens with one attached hydrogen (secondary N) is 1. The summed E-state index contributed by atoms with van der Waals surface area (Å²) in [6, 6.07) is 16.3. The average molecular weight is 380 g/mol. The predicted octanol–water partition coefficient (Wildman–Crippen LogP) is 3.28. The van der Waals surface area contributed by atoms with Crippen LogP contribution >= 0.6 is 0 Å². The van der Waals surface area contributed by atoms with Crippen LogP contribution in [0.1, 0.15) is 29.5 Å². The number of fused-ring (bicyclic) bond motifs is 1. The Bertz CT molecular complexity index is 809. The molecule has 0 spiro atoms. The molecular formula is C23H29N3O2. The highest BCUT2D eigenvalue weighted by Gasteiger charge is 2.30. The van der Waals surface area contributed by atoms with E-state index in [1.165, 1.54) is 29.5 Å². The molecule has 2 aromatic rings. The fourth-order valence-electron chi connectivity index (χ4n) is 4.41. The van der Waals surface area contributed by atoms with Crippen molar-refractivity contribution < 1.29 is 9.90 Å². The maximum absolute atomic E-state index is 13.0. The molecular weight excluding hydrogens is 350 g/mol. The minimum Gasteiger partial charge on any atom is -0.394 e. The standard InChI is InChI=1S/C23H29N3O2/c27-17-20-16-25(15-18-7-2-1-3-8-18)13-14-26(20)23(28)24-22-12-6-10-19-9-4-5-11-21(19)22/h1-3,6-8,10,12,20,27H,4-5,9,11,13-17H2,(H,24,28)/t20-/m1/s1. The normalized spacial score (nSPS) is 19.9. The molecule has 0 bridgehead atoms. The van der Waals surface area contributed by atoms with Crippen molar-refractivity contribution in [2.24, 2.45) is 0 Å². The monoisotopic (exact) mass is 379 g/mol. The van der Waals surface area contributed by atoms with E-state index in [1.807, 2.05) is 30.3 Å². The topological polar surface area (TPSA) is 55.8 Å². The lowest BCUT2D eigenvalue weighted by Crippen LogP contribution is -2.57. The SMILES string of the molecule is O=C(Nc1cccc2c1CCCC2)N1CCN(Cc2ccccc2)C[C@@H]1CO. The highest BCUT2D eigenvalue weighted by Crippen LogP contribution is 2.28. The Balaban J connectivity index is 1.41. The van der Waals surface area contributed by atoms with Gasteiger partial charge in [0.15, 0.2) is 0 Å². The zero-order valence-electron chi connectivity index (χ0n) is 16.3. The number of nitrogens with zero attached hydrogens (tertiary/aromatic N) is 2. The molecule has 2 N–H and O–H groups in total. The Morgan fingerprint density at radius 3 is 2.68 bits per heavy atom. The van der Waals surface area contributed by atoms with Gasteiger partial charge < -0.3 is 15.3 Å². The summed E-state index contributed by atoms with van der Waals surface area (Å²) in [4.78, 5) is 17.1. The molecule has 0 saturated carbocycles. The highest BCUT2D eigenvalue weighted by atomic mass is 16.3. The second kappa shape index (κ2) is 8.76.